The summed E-state index contributed by atoms with van der Waals surface area (Å²) in [6, 6.07) is 0. The topological polar surface area (TPSA) is 42.4 Å². The number of nitrogens with zero attached hydrogens (tertiary/aromatic N) is 2. The molecule has 0 aliphatic carbocycles. The molecule has 1 saturated heterocycles. The van der Waals surface area contributed by atoms with E-state index < -0.39 is 0 Å². The highest BCUT2D eigenvalue weighted by Crippen LogP contribution is 2.08. The molecule has 82 valence electrons. The average molecular weight is 226 g/mol. The fourth-order valence-corrected chi connectivity index (χ4v) is 2.18. The standard InChI is InChI=1S/C10H14N2O2S/c13-10(12-4-6-14-7-5-12)2-1-9-11-3-8-15-9/h3,8H,1-2,4-7H2. The molecule has 15 heavy (non-hydrogen) atoms. The predicted octanol–water partition coefficient (Wildman–Crippen LogP) is 0.935. The lowest BCUT2D eigenvalue weighted by Gasteiger charge is -2.26. The van der Waals surface area contributed by atoms with E-state index in [1.807, 2.05) is 10.3 Å². The van der Waals surface area contributed by atoms with Crippen molar-refractivity contribution in [1.29, 1.82) is 0 Å². The van der Waals surface area contributed by atoms with Crippen LogP contribution in [0.2, 0.25) is 0 Å². The minimum absolute atomic E-state index is 0.216. The van der Waals surface area contributed by atoms with Crippen LogP contribution in [-0.4, -0.2) is 42.1 Å². The smallest absolute Gasteiger partial charge is 0.223 e. The van der Waals surface area contributed by atoms with E-state index in [1.54, 1.807) is 17.5 Å². The minimum Gasteiger partial charge on any atom is -0.378 e. The molecule has 0 unspecified atom stereocenters. The second-order valence-electron chi connectivity index (χ2n) is 3.42. The summed E-state index contributed by atoms with van der Waals surface area (Å²) in [6.07, 6.45) is 3.10. The number of ether oxygens (including phenoxy) is 1. The second-order valence-corrected chi connectivity index (χ2v) is 4.40. The molecule has 1 aliphatic rings. The van der Waals surface area contributed by atoms with E-state index in [2.05, 4.69) is 4.98 Å². The maximum absolute atomic E-state index is 11.7. The van der Waals surface area contributed by atoms with Gasteiger partial charge in [-0.2, -0.15) is 0 Å². The van der Waals surface area contributed by atoms with Gasteiger partial charge in [0.1, 0.15) is 0 Å². The summed E-state index contributed by atoms with van der Waals surface area (Å²) in [4.78, 5) is 17.8. The van der Waals surface area contributed by atoms with Crippen LogP contribution in [-0.2, 0) is 16.0 Å². The van der Waals surface area contributed by atoms with E-state index in [4.69, 9.17) is 4.74 Å². The van der Waals surface area contributed by atoms with Crippen molar-refractivity contribution in [1.82, 2.24) is 9.88 Å². The van der Waals surface area contributed by atoms with Gasteiger partial charge in [-0.15, -0.1) is 11.3 Å². The van der Waals surface area contributed by atoms with E-state index in [1.165, 1.54) is 0 Å². The number of hydrogen-bond acceptors (Lipinski definition) is 4. The average Bonchev–Trinajstić information content (AvgIpc) is 2.80. The van der Waals surface area contributed by atoms with Crippen LogP contribution >= 0.6 is 11.3 Å². The van der Waals surface area contributed by atoms with Gasteiger partial charge in [-0.1, -0.05) is 0 Å². The number of rotatable bonds is 3. The Kier molecular flexibility index (Phi) is 3.69. The van der Waals surface area contributed by atoms with Crippen LogP contribution in [0.25, 0.3) is 0 Å². The molecular weight excluding hydrogens is 212 g/mol. The maximum Gasteiger partial charge on any atom is 0.223 e. The van der Waals surface area contributed by atoms with Gasteiger partial charge in [0.25, 0.3) is 0 Å². The van der Waals surface area contributed by atoms with Gasteiger partial charge in [0.15, 0.2) is 0 Å². The molecule has 0 saturated carbocycles. The van der Waals surface area contributed by atoms with Crippen molar-refractivity contribution < 1.29 is 9.53 Å². The minimum atomic E-state index is 0.216. The summed E-state index contributed by atoms with van der Waals surface area (Å²) in [7, 11) is 0. The van der Waals surface area contributed by atoms with Crippen LogP contribution in [0.5, 0.6) is 0 Å². The first-order valence-corrected chi connectivity index (χ1v) is 5.98. The summed E-state index contributed by atoms with van der Waals surface area (Å²) in [5, 5.41) is 2.98. The molecule has 0 radical (unpaired) electrons. The molecule has 4 nitrogen and oxygen atoms in total. The summed E-state index contributed by atoms with van der Waals surface area (Å²) in [6.45, 7) is 2.80. The fourth-order valence-electron chi connectivity index (χ4n) is 1.56. The van der Waals surface area contributed by atoms with Gasteiger partial charge in [-0.05, 0) is 0 Å². The summed E-state index contributed by atoms with van der Waals surface area (Å²) < 4.78 is 5.20. The van der Waals surface area contributed by atoms with Crippen LogP contribution < -0.4 is 0 Å². The lowest BCUT2D eigenvalue weighted by molar-refractivity contribution is -0.135. The number of thiazole rings is 1. The molecule has 0 aromatic carbocycles. The Hall–Kier alpha value is -0.940. The van der Waals surface area contributed by atoms with Gasteiger partial charge in [0.2, 0.25) is 5.91 Å². The van der Waals surface area contributed by atoms with E-state index in [9.17, 15) is 4.79 Å². The van der Waals surface area contributed by atoms with Crippen molar-refractivity contribution in [2.45, 2.75) is 12.8 Å². The van der Waals surface area contributed by atoms with Gasteiger partial charge < -0.3 is 9.64 Å². The van der Waals surface area contributed by atoms with Crippen LogP contribution in [0.3, 0.4) is 0 Å². The highest BCUT2D eigenvalue weighted by molar-refractivity contribution is 7.09. The number of carbonyl (C=O) groups is 1. The molecule has 0 bridgehead atoms. The molecule has 1 fully saturated rings. The van der Waals surface area contributed by atoms with Gasteiger partial charge >= 0.3 is 0 Å². The largest absolute Gasteiger partial charge is 0.378 e. The zero-order chi connectivity index (χ0) is 10.5. The Bertz CT molecular complexity index is 307. The Morgan fingerprint density at radius 1 is 1.53 bits per heavy atom. The number of morpholine rings is 1. The third kappa shape index (κ3) is 3.00. The van der Waals surface area contributed by atoms with Crippen LogP contribution in [0.1, 0.15) is 11.4 Å². The highest BCUT2D eigenvalue weighted by atomic mass is 32.1. The van der Waals surface area contributed by atoms with E-state index >= 15 is 0 Å². The second kappa shape index (κ2) is 5.23. The van der Waals surface area contributed by atoms with Crippen LogP contribution in [0.4, 0.5) is 0 Å². The molecule has 0 atom stereocenters. The van der Waals surface area contributed by atoms with Gasteiger partial charge in [-0.3, -0.25) is 4.79 Å². The van der Waals surface area contributed by atoms with Crippen molar-refractivity contribution in [3.05, 3.63) is 16.6 Å². The zero-order valence-corrected chi connectivity index (χ0v) is 9.33. The molecule has 2 rings (SSSR count). The molecule has 1 aromatic heterocycles. The van der Waals surface area contributed by atoms with Crippen LogP contribution in [0, 0.1) is 0 Å². The Balaban J connectivity index is 1.76. The van der Waals surface area contributed by atoms with Crippen molar-refractivity contribution in [3.63, 3.8) is 0 Å². The molecule has 1 amide bonds. The molecule has 1 aromatic rings. The number of aromatic nitrogens is 1. The lowest BCUT2D eigenvalue weighted by Crippen LogP contribution is -2.40. The van der Waals surface area contributed by atoms with Gasteiger partial charge in [-0.25, -0.2) is 4.98 Å². The molecule has 0 spiro atoms. The first-order valence-electron chi connectivity index (χ1n) is 5.10. The Morgan fingerprint density at radius 2 is 2.33 bits per heavy atom. The normalized spacial score (nSPS) is 16.7. The van der Waals surface area contributed by atoms with Crippen molar-refractivity contribution >= 4 is 17.2 Å². The van der Waals surface area contributed by atoms with Gasteiger partial charge in [0, 0.05) is 37.5 Å². The Morgan fingerprint density at radius 3 is 3.00 bits per heavy atom. The number of aryl methyl sites for hydroxylation is 1. The monoisotopic (exact) mass is 226 g/mol. The van der Waals surface area contributed by atoms with Crippen molar-refractivity contribution in [2.75, 3.05) is 26.3 Å². The maximum atomic E-state index is 11.7. The summed E-state index contributed by atoms with van der Waals surface area (Å²) >= 11 is 1.61. The van der Waals surface area contributed by atoms with Crippen LogP contribution in [0.15, 0.2) is 11.6 Å². The van der Waals surface area contributed by atoms with E-state index in [0.29, 0.717) is 19.6 Å². The quantitative estimate of drug-likeness (QED) is 0.770. The summed E-state index contributed by atoms with van der Waals surface area (Å²) in [5.41, 5.74) is 0. The SMILES string of the molecule is O=C(CCc1nccs1)N1CCOCC1. The third-order valence-electron chi connectivity index (χ3n) is 2.40. The predicted molar refractivity (Wildman–Crippen MR) is 57.8 cm³/mol. The number of carbonyl (C=O) groups excluding carboxylic acids is 1. The third-order valence-corrected chi connectivity index (χ3v) is 3.24. The highest BCUT2D eigenvalue weighted by Gasteiger charge is 2.16. The molecule has 2 heterocycles. The number of hydrogen-bond donors (Lipinski definition) is 0. The molecule has 5 heteroatoms. The first-order chi connectivity index (χ1) is 7.36. The molecule has 0 N–H and O–H groups in total. The van der Waals surface area contributed by atoms with Gasteiger partial charge in [0.05, 0.1) is 18.2 Å². The molecule has 1 aliphatic heterocycles. The molecular formula is C10H14N2O2S. The first kappa shape index (κ1) is 10.6. The van der Waals surface area contributed by atoms with E-state index in [0.717, 1.165) is 24.5 Å². The fraction of sp³-hybridized carbons (Fsp3) is 0.600. The Labute approximate surface area is 92.9 Å². The number of amides is 1. The van der Waals surface area contributed by atoms with Crippen molar-refractivity contribution in [2.24, 2.45) is 0 Å². The van der Waals surface area contributed by atoms with Crippen molar-refractivity contribution in [3.8, 4) is 0 Å². The lowest BCUT2D eigenvalue weighted by atomic mass is 10.2. The van der Waals surface area contributed by atoms with E-state index in [-0.39, 0.29) is 5.91 Å². The zero-order valence-electron chi connectivity index (χ0n) is 8.52. The summed E-state index contributed by atoms with van der Waals surface area (Å²) in [5.74, 6) is 0.216.